The van der Waals surface area contributed by atoms with Crippen LogP contribution >= 0.6 is 0 Å². The molecule has 4 heteroatoms. The third kappa shape index (κ3) is 5.22. The lowest BCUT2D eigenvalue weighted by molar-refractivity contribution is 0.0712. The lowest BCUT2D eigenvalue weighted by Gasteiger charge is -2.27. The third-order valence-electron chi connectivity index (χ3n) is 3.98. The van der Waals surface area contributed by atoms with Crippen LogP contribution in [0.15, 0.2) is 0 Å². The highest BCUT2D eigenvalue weighted by molar-refractivity contribution is 4.76. The molecule has 2 rings (SSSR count). The summed E-state index contributed by atoms with van der Waals surface area (Å²) in [5, 5.41) is 7.14. The second-order valence-corrected chi connectivity index (χ2v) is 5.72. The molecule has 2 fully saturated rings. The Balaban J connectivity index is 1.47. The Labute approximate surface area is 111 Å². The molecule has 0 aromatic carbocycles. The number of likely N-dealkylation sites (tertiary alicyclic amines) is 1. The summed E-state index contributed by atoms with van der Waals surface area (Å²) in [5.41, 5.74) is 0. The maximum absolute atomic E-state index is 5.48. The number of nitrogens with one attached hydrogen (secondary N) is 2. The molecule has 0 bridgehead atoms. The van der Waals surface area contributed by atoms with E-state index in [1.54, 1.807) is 0 Å². The Morgan fingerprint density at radius 2 is 2.22 bits per heavy atom. The summed E-state index contributed by atoms with van der Waals surface area (Å²) >= 11 is 0. The number of morpholine rings is 1. The second-order valence-electron chi connectivity index (χ2n) is 5.72. The fourth-order valence-electron chi connectivity index (χ4n) is 2.94. The smallest absolute Gasteiger partial charge is 0.0620 e. The van der Waals surface area contributed by atoms with Crippen LogP contribution in [0, 0.1) is 0 Å². The van der Waals surface area contributed by atoms with Gasteiger partial charge in [-0.25, -0.2) is 0 Å². The first-order valence-electron chi connectivity index (χ1n) is 7.61. The largest absolute Gasteiger partial charge is 0.379 e. The SMILES string of the molecule is CC(CC1COCCN1)NCCCN1CCCC1. The van der Waals surface area contributed by atoms with E-state index in [1.165, 1.54) is 45.3 Å². The summed E-state index contributed by atoms with van der Waals surface area (Å²) in [6.45, 7) is 10.1. The predicted octanol–water partition coefficient (Wildman–Crippen LogP) is 0.829. The van der Waals surface area contributed by atoms with Crippen molar-refractivity contribution < 1.29 is 4.74 Å². The molecule has 0 aliphatic carbocycles. The van der Waals surface area contributed by atoms with E-state index in [1.807, 2.05) is 0 Å². The Bertz CT molecular complexity index is 213. The van der Waals surface area contributed by atoms with E-state index in [0.29, 0.717) is 12.1 Å². The normalized spacial score (nSPS) is 27.5. The van der Waals surface area contributed by atoms with Crippen molar-refractivity contribution in [1.82, 2.24) is 15.5 Å². The minimum atomic E-state index is 0.542. The first kappa shape index (κ1) is 14.3. The molecule has 2 aliphatic rings. The van der Waals surface area contributed by atoms with Crippen molar-refractivity contribution in [2.24, 2.45) is 0 Å². The summed E-state index contributed by atoms with van der Waals surface area (Å²) in [5.74, 6) is 0. The van der Waals surface area contributed by atoms with Crippen molar-refractivity contribution >= 4 is 0 Å². The first-order chi connectivity index (χ1) is 8.84. The molecule has 4 nitrogen and oxygen atoms in total. The van der Waals surface area contributed by atoms with Gasteiger partial charge in [0.2, 0.25) is 0 Å². The van der Waals surface area contributed by atoms with Gasteiger partial charge in [-0.1, -0.05) is 0 Å². The van der Waals surface area contributed by atoms with Crippen molar-refractivity contribution in [2.75, 3.05) is 45.9 Å². The van der Waals surface area contributed by atoms with Gasteiger partial charge in [-0.2, -0.15) is 0 Å². The zero-order chi connectivity index (χ0) is 12.6. The van der Waals surface area contributed by atoms with Gasteiger partial charge in [0.15, 0.2) is 0 Å². The molecule has 0 aromatic heterocycles. The van der Waals surface area contributed by atoms with Crippen LogP contribution in [0.1, 0.15) is 32.6 Å². The molecule has 0 amide bonds. The highest BCUT2D eigenvalue weighted by atomic mass is 16.5. The van der Waals surface area contributed by atoms with Gasteiger partial charge in [0.25, 0.3) is 0 Å². The van der Waals surface area contributed by atoms with Crippen LogP contribution in [0.5, 0.6) is 0 Å². The van der Waals surface area contributed by atoms with Crippen molar-refractivity contribution in [1.29, 1.82) is 0 Å². The standard InChI is InChI=1S/C14H29N3O/c1-13(11-14-12-18-10-6-16-14)15-5-4-9-17-7-2-3-8-17/h13-16H,2-12H2,1H3. The highest BCUT2D eigenvalue weighted by Crippen LogP contribution is 2.07. The zero-order valence-corrected chi connectivity index (χ0v) is 11.8. The average Bonchev–Trinajstić information content (AvgIpc) is 2.89. The highest BCUT2D eigenvalue weighted by Gasteiger charge is 2.16. The maximum Gasteiger partial charge on any atom is 0.0620 e. The third-order valence-corrected chi connectivity index (χ3v) is 3.98. The monoisotopic (exact) mass is 255 g/mol. The second kappa shape index (κ2) is 8.10. The Morgan fingerprint density at radius 1 is 1.39 bits per heavy atom. The van der Waals surface area contributed by atoms with Crippen molar-refractivity contribution in [3.63, 3.8) is 0 Å². The molecule has 0 saturated carbocycles. The number of hydrogen-bond acceptors (Lipinski definition) is 4. The minimum Gasteiger partial charge on any atom is -0.379 e. The predicted molar refractivity (Wildman–Crippen MR) is 75.0 cm³/mol. The van der Waals surface area contributed by atoms with E-state index >= 15 is 0 Å². The molecular formula is C14H29N3O. The zero-order valence-electron chi connectivity index (χ0n) is 11.8. The lowest BCUT2D eigenvalue weighted by atomic mass is 10.1. The summed E-state index contributed by atoms with van der Waals surface area (Å²) in [4.78, 5) is 2.59. The first-order valence-corrected chi connectivity index (χ1v) is 7.61. The quantitative estimate of drug-likeness (QED) is 0.661. The fourth-order valence-corrected chi connectivity index (χ4v) is 2.94. The molecule has 0 radical (unpaired) electrons. The Hall–Kier alpha value is -0.160. The fraction of sp³-hybridized carbons (Fsp3) is 1.00. The van der Waals surface area contributed by atoms with E-state index in [9.17, 15) is 0 Å². The van der Waals surface area contributed by atoms with Crippen LogP contribution in [0.3, 0.4) is 0 Å². The van der Waals surface area contributed by atoms with Gasteiger partial charge in [-0.15, -0.1) is 0 Å². The summed E-state index contributed by atoms with van der Waals surface area (Å²) < 4.78 is 5.48. The van der Waals surface area contributed by atoms with Crippen LogP contribution in [0.2, 0.25) is 0 Å². The molecule has 0 aromatic rings. The maximum atomic E-state index is 5.48. The van der Waals surface area contributed by atoms with Crippen LogP contribution in [-0.2, 0) is 4.74 Å². The average molecular weight is 255 g/mol. The van der Waals surface area contributed by atoms with Gasteiger partial charge in [0.05, 0.1) is 13.2 Å². The summed E-state index contributed by atoms with van der Waals surface area (Å²) in [7, 11) is 0. The molecule has 2 aliphatic heterocycles. The van der Waals surface area contributed by atoms with Crippen LogP contribution in [0.4, 0.5) is 0 Å². The molecule has 0 spiro atoms. The Morgan fingerprint density at radius 3 is 2.94 bits per heavy atom. The van der Waals surface area contributed by atoms with Gasteiger partial charge >= 0.3 is 0 Å². The molecule has 106 valence electrons. The van der Waals surface area contributed by atoms with Crippen molar-refractivity contribution in [2.45, 2.75) is 44.7 Å². The van der Waals surface area contributed by atoms with E-state index in [2.05, 4.69) is 22.5 Å². The van der Waals surface area contributed by atoms with Crippen LogP contribution in [0.25, 0.3) is 0 Å². The molecule has 2 N–H and O–H groups in total. The lowest BCUT2D eigenvalue weighted by Crippen LogP contribution is -2.45. The van der Waals surface area contributed by atoms with Crippen molar-refractivity contribution in [3.8, 4) is 0 Å². The van der Waals surface area contributed by atoms with Crippen molar-refractivity contribution in [3.05, 3.63) is 0 Å². The number of hydrogen-bond donors (Lipinski definition) is 2. The van der Waals surface area contributed by atoms with E-state index in [4.69, 9.17) is 4.74 Å². The minimum absolute atomic E-state index is 0.542. The topological polar surface area (TPSA) is 36.5 Å². The van der Waals surface area contributed by atoms with Gasteiger partial charge < -0.3 is 20.3 Å². The van der Waals surface area contributed by atoms with E-state index in [0.717, 1.165) is 26.3 Å². The Kier molecular flexibility index (Phi) is 6.41. The number of rotatable bonds is 7. The molecular weight excluding hydrogens is 226 g/mol. The van der Waals surface area contributed by atoms with Gasteiger partial charge in [-0.05, 0) is 58.8 Å². The molecule has 2 heterocycles. The van der Waals surface area contributed by atoms with Gasteiger partial charge in [-0.3, -0.25) is 0 Å². The number of nitrogens with zero attached hydrogens (tertiary/aromatic N) is 1. The molecule has 2 saturated heterocycles. The summed E-state index contributed by atoms with van der Waals surface area (Å²) in [6, 6.07) is 1.13. The van der Waals surface area contributed by atoms with Gasteiger partial charge in [0.1, 0.15) is 0 Å². The van der Waals surface area contributed by atoms with E-state index < -0.39 is 0 Å². The van der Waals surface area contributed by atoms with Crippen LogP contribution < -0.4 is 10.6 Å². The molecule has 2 atom stereocenters. The number of ether oxygens (including phenoxy) is 1. The molecule has 2 unspecified atom stereocenters. The van der Waals surface area contributed by atoms with Gasteiger partial charge in [0, 0.05) is 18.6 Å². The molecule has 18 heavy (non-hydrogen) atoms. The van der Waals surface area contributed by atoms with Crippen LogP contribution in [-0.4, -0.2) is 62.9 Å². The summed E-state index contributed by atoms with van der Waals surface area (Å²) in [6.07, 6.45) is 5.25. The van der Waals surface area contributed by atoms with E-state index in [-0.39, 0.29) is 0 Å².